The highest BCUT2D eigenvalue weighted by atomic mass is 16.2. The Labute approximate surface area is 169 Å². The van der Waals surface area contributed by atoms with Crippen LogP contribution in [0.4, 0.5) is 17.1 Å². The van der Waals surface area contributed by atoms with E-state index in [-0.39, 0.29) is 5.91 Å². The van der Waals surface area contributed by atoms with Gasteiger partial charge in [-0.1, -0.05) is 30.3 Å². The lowest BCUT2D eigenvalue weighted by Crippen LogP contribution is -2.22. The number of anilines is 3. The molecule has 0 unspecified atom stereocenters. The van der Waals surface area contributed by atoms with Gasteiger partial charge < -0.3 is 15.5 Å². The average Bonchev–Trinajstić information content (AvgIpc) is 2.75. The zero-order valence-electron chi connectivity index (χ0n) is 16.2. The number of nitrogens with zero attached hydrogens (tertiary/aromatic N) is 1. The molecule has 0 fully saturated rings. The van der Waals surface area contributed by atoms with Gasteiger partial charge in [-0.3, -0.25) is 14.4 Å². The SMILES string of the molecule is CN(C)c1ccc(C(=O)Nc2ccc(NC(=O)C(=O)c3ccccc3)cc2)cc1. The van der Waals surface area contributed by atoms with E-state index in [1.807, 2.05) is 31.1 Å². The van der Waals surface area contributed by atoms with Gasteiger partial charge >= 0.3 is 0 Å². The summed E-state index contributed by atoms with van der Waals surface area (Å²) in [4.78, 5) is 38.5. The topological polar surface area (TPSA) is 78.5 Å². The zero-order chi connectivity index (χ0) is 20.8. The second kappa shape index (κ2) is 8.84. The minimum atomic E-state index is -0.714. The van der Waals surface area contributed by atoms with Crippen LogP contribution in [0.1, 0.15) is 20.7 Å². The summed E-state index contributed by atoms with van der Waals surface area (Å²) in [5, 5.41) is 5.37. The normalized spacial score (nSPS) is 10.1. The molecule has 3 aromatic carbocycles. The van der Waals surface area contributed by atoms with Gasteiger partial charge in [0.25, 0.3) is 17.6 Å². The van der Waals surface area contributed by atoms with Crippen LogP contribution in [0.25, 0.3) is 0 Å². The van der Waals surface area contributed by atoms with E-state index in [4.69, 9.17) is 0 Å². The molecule has 0 saturated heterocycles. The van der Waals surface area contributed by atoms with Gasteiger partial charge in [0.2, 0.25) is 0 Å². The number of hydrogen-bond acceptors (Lipinski definition) is 4. The molecule has 0 aliphatic rings. The number of rotatable bonds is 6. The summed E-state index contributed by atoms with van der Waals surface area (Å²) in [6.45, 7) is 0. The molecule has 146 valence electrons. The van der Waals surface area contributed by atoms with E-state index >= 15 is 0 Å². The minimum Gasteiger partial charge on any atom is -0.378 e. The fourth-order valence-electron chi connectivity index (χ4n) is 2.66. The first-order valence-electron chi connectivity index (χ1n) is 9.03. The lowest BCUT2D eigenvalue weighted by molar-refractivity contribution is -0.112. The molecular formula is C23H21N3O3. The summed E-state index contributed by atoms with van der Waals surface area (Å²) >= 11 is 0. The lowest BCUT2D eigenvalue weighted by atomic mass is 10.1. The van der Waals surface area contributed by atoms with Crippen LogP contribution in [0.3, 0.4) is 0 Å². The van der Waals surface area contributed by atoms with E-state index < -0.39 is 11.7 Å². The second-order valence-corrected chi connectivity index (χ2v) is 6.62. The first kappa shape index (κ1) is 19.8. The molecule has 0 radical (unpaired) electrons. The highest BCUT2D eigenvalue weighted by Gasteiger charge is 2.16. The number of Topliss-reactive ketones (excluding diaryl/α,β-unsaturated/α-hetero) is 1. The Morgan fingerprint density at radius 1 is 0.655 bits per heavy atom. The molecule has 2 N–H and O–H groups in total. The van der Waals surface area contributed by atoms with Gasteiger partial charge in [-0.2, -0.15) is 0 Å². The van der Waals surface area contributed by atoms with Crippen LogP contribution in [0.15, 0.2) is 78.9 Å². The summed E-state index contributed by atoms with van der Waals surface area (Å²) in [6, 6.07) is 22.2. The highest BCUT2D eigenvalue weighted by Crippen LogP contribution is 2.17. The molecule has 0 aromatic heterocycles. The first-order valence-corrected chi connectivity index (χ1v) is 9.03. The van der Waals surface area contributed by atoms with Crippen molar-refractivity contribution in [1.82, 2.24) is 0 Å². The molecule has 0 bridgehead atoms. The van der Waals surface area contributed by atoms with E-state index in [0.29, 0.717) is 22.5 Å². The molecule has 6 heteroatoms. The van der Waals surface area contributed by atoms with Crippen LogP contribution in [0.2, 0.25) is 0 Å². The number of carbonyl (C=O) groups is 3. The number of hydrogen-bond donors (Lipinski definition) is 2. The van der Waals surface area contributed by atoms with Gasteiger partial charge in [-0.05, 0) is 48.5 Å². The molecule has 0 atom stereocenters. The third-order valence-electron chi connectivity index (χ3n) is 4.29. The van der Waals surface area contributed by atoms with Crippen molar-refractivity contribution in [3.8, 4) is 0 Å². The summed E-state index contributed by atoms with van der Waals surface area (Å²) in [6.07, 6.45) is 0. The van der Waals surface area contributed by atoms with Gasteiger partial charge in [0.15, 0.2) is 0 Å². The van der Waals surface area contributed by atoms with Gasteiger partial charge in [0, 0.05) is 42.3 Å². The van der Waals surface area contributed by atoms with Crippen molar-refractivity contribution < 1.29 is 14.4 Å². The molecular weight excluding hydrogens is 366 g/mol. The van der Waals surface area contributed by atoms with Crippen LogP contribution in [0.5, 0.6) is 0 Å². The Balaban J connectivity index is 1.60. The van der Waals surface area contributed by atoms with E-state index in [0.717, 1.165) is 5.69 Å². The van der Waals surface area contributed by atoms with Crippen molar-refractivity contribution in [2.24, 2.45) is 0 Å². The number of carbonyl (C=O) groups excluding carboxylic acids is 3. The van der Waals surface area contributed by atoms with Crippen LogP contribution >= 0.6 is 0 Å². The summed E-state index contributed by atoms with van der Waals surface area (Å²) in [5.41, 5.74) is 2.92. The molecule has 0 saturated carbocycles. The van der Waals surface area contributed by atoms with E-state index in [9.17, 15) is 14.4 Å². The molecule has 0 aliphatic heterocycles. The third kappa shape index (κ3) is 5.07. The molecule has 3 rings (SSSR count). The molecule has 0 aliphatic carbocycles. The largest absolute Gasteiger partial charge is 0.378 e. The van der Waals surface area contributed by atoms with Crippen LogP contribution < -0.4 is 15.5 Å². The standard InChI is InChI=1S/C23H21N3O3/c1-26(2)20-14-8-17(9-15-20)22(28)24-18-10-12-19(13-11-18)25-23(29)21(27)16-6-4-3-5-7-16/h3-15H,1-2H3,(H,24,28)(H,25,29). The number of nitrogens with one attached hydrogen (secondary N) is 2. The Hall–Kier alpha value is -3.93. The number of benzene rings is 3. The molecule has 6 nitrogen and oxygen atoms in total. The Morgan fingerprint density at radius 2 is 1.21 bits per heavy atom. The molecule has 2 amide bonds. The van der Waals surface area contributed by atoms with Crippen molar-refractivity contribution in [2.75, 3.05) is 29.6 Å². The van der Waals surface area contributed by atoms with Gasteiger partial charge in [0.05, 0.1) is 0 Å². The predicted octanol–water partition coefficient (Wildman–Crippen LogP) is 3.83. The summed E-state index contributed by atoms with van der Waals surface area (Å²) < 4.78 is 0. The number of amides is 2. The fraction of sp³-hybridized carbons (Fsp3) is 0.0870. The molecule has 29 heavy (non-hydrogen) atoms. The minimum absolute atomic E-state index is 0.230. The molecule has 0 spiro atoms. The van der Waals surface area contributed by atoms with Crippen molar-refractivity contribution in [3.05, 3.63) is 90.0 Å². The molecule has 0 heterocycles. The Bertz CT molecular complexity index is 1010. The average molecular weight is 387 g/mol. The maximum atomic E-state index is 12.4. The van der Waals surface area contributed by atoms with Crippen molar-refractivity contribution in [1.29, 1.82) is 0 Å². The van der Waals surface area contributed by atoms with Crippen LogP contribution in [-0.4, -0.2) is 31.7 Å². The predicted molar refractivity (Wildman–Crippen MR) is 115 cm³/mol. The lowest BCUT2D eigenvalue weighted by Gasteiger charge is -2.12. The zero-order valence-corrected chi connectivity index (χ0v) is 16.2. The van der Waals surface area contributed by atoms with Crippen molar-refractivity contribution in [2.45, 2.75) is 0 Å². The van der Waals surface area contributed by atoms with Crippen LogP contribution in [-0.2, 0) is 4.79 Å². The molecule has 3 aromatic rings. The Morgan fingerprint density at radius 3 is 1.76 bits per heavy atom. The maximum absolute atomic E-state index is 12.4. The van der Waals surface area contributed by atoms with E-state index in [1.165, 1.54) is 0 Å². The van der Waals surface area contributed by atoms with Crippen molar-refractivity contribution >= 4 is 34.7 Å². The van der Waals surface area contributed by atoms with E-state index in [1.54, 1.807) is 66.7 Å². The quantitative estimate of drug-likeness (QED) is 0.498. The third-order valence-corrected chi connectivity index (χ3v) is 4.29. The van der Waals surface area contributed by atoms with Gasteiger partial charge in [0.1, 0.15) is 0 Å². The first-order chi connectivity index (χ1) is 13.9. The maximum Gasteiger partial charge on any atom is 0.296 e. The van der Waals surface area contributed by atoms with Crippen molar-refractivity contribution in [3.63, 3.8) is 0 Å². The van der Waals surface area contributed by atoms with Crippen LogP contribution in [0, 0.1) is 0 Å². The Kier molecular flexibility index (Phi) is 6.04. The number of ketones is 1. The highest BCUT2D eigenvalue weighted by molar-refractivity contribution is 6.46. The van der Waals surface area contributed by atoms with Gasteiger partial charge in [-0.15, -0.1) is 0 Å². The summed E-state index contributed by atoms with van der Waals surface area (Å²) in [7, 11) is 3.87. The van der Waals surface area contributed by atoms with Gasteiger partial charge in [-0.25, -0.2) is 0 Å². The monoisotopic (exact) mass is 387 g/mol. The summed E-state index contributed by atoms with van der Waals surface area (Å²) in [5.74, 6) is -1.55. The fourth-order valence-corrected chi connectivity index (χ4v) is 2.66. The van der Waals surface area contributed by atoms with E-state index in [2.05, 4.69) is 10.6 Å². The second-order valence-electron chi connectivity index (χ2n) is 6.62. The smallest absolute Gasteiger partial charge is 0.296 e.